The van der Waals surface area contributed by atoms with Crippen molar-refractivity contribution in [2.24, 2.45) is 5.92 Å². The maximum absolute atomic E-state index is 5.77. The quantitative estimate of drug-likeness (QED) is 0.861. The van der Waals surface area contributed by atoms with E-state index in [9.17, 15) is 0 Å². The third kappa shape index (κ3) is 2.72. The first-order valence-corrected chi connectivity index (χ1v) is 7.58. The van der Waals surface area contributed by atoms with Crippen molar-refractivity contribution < 1.29 is 9.26 Å². The third-order valence-electron chi connectivity index (χ3n) is 3.51. The number of nitrogens with zero attached hydrogens (tertiary/aromatic N) is 2. The van der Waals surface area contributed by atoms with Crippen LogP contribution >= 0.6 is 11.3 Å². The molecule has 0 unspecified atom stereocenters. The molecule has 1 aliphatic rings. The van der Waals surface area contributed by atoms with Crippen LogP contribution in [-0.2, 0) is 11.2 Å². The minimum Gasteiger partial charge on any atom is -0.377 e. The highest BCUT2D eigenvalue weighted by Gasteiger charge is 2.35. The van der Waals surface area contributed by atoms with Crippen molar-refractivity contribution >= 4 is 11.3 Å². The van der Waals surface area contributed by atoms with E-state index in [1.54, 1.807) is 11.3 Å². The normalized spacial score (nSPS) is 23.3. The summed E-state index contributed by atoms with van der Waals surface area (Å²) in [6.45, 7) is 5.13. The average molecular weight is 278 g/mol. The Kier molecular flexibility index (Phi) is 3.66. The first-order valence-electron chi connectivity index (χ1n) is 6.70. The summed E-state index contributed by atoms with van der Waals surface area (Å²) in [6, 6.07) is 4.14. The second kappa shape index (κ2) is 5.43. The number of hydrogen-bond acceptors (Lipinski definition) is 5. The standard InChI is InChI=1S/C14H18N2O2S/c1-9(2)13-11(5-6-17-13)14-15-12(16-18-14)8-10-4-3-7-19-10/h3-4,7,9,11,13H,5-6,8H2,1-2H3/t11-,13-/m0/s1. The largest absolute Gasteiger partial charge is 0.377 e. The molecule has 2 aromatic rings. The predicted octanol–water partition coefficient (Wildman–Crippen LogP) is 3.25. The molecule has 19 heavy (non-hydrogen) atoms. The molecule has 0 aliphatic carbocycles. The minimum absolute atomic E-state index is 0.204. The van der Waals surface area contributed by atoms with Gasteiger partial charge in [-0.1, -0.05) is 25.1 Å². The number of aromatic nitrogens is 2. The Hall–Kier alpha value is -1.20. The van der Waals surface area contributed by atoms with Crippen LogP contribution in [0.2, 0.25) is 0 Å². The predicted molar refractivity (Wildman–Crippen MR) is 73.4 cm³/mol. The molecule has 2 atom stereocenters. The van der Waals surface area contributed by atoms with Crippen molar-refractivity contribution in [2.75, 3.05) is 6.61 Å². The molecule has 0 saturated carbocycles. The molecule has 0 radical (unpaired) electrons. The molecule has 0 bridgehead atoms. The fraction of sp³-hybridized carbons (Fsp3) is 0.571. The summed E-state index contributed by atoms with van der Waals surface area (Å²) in [5, 5.41) is 6.16. The molecule has 4 nitrogen and oxygen atoms in total. The molecular formula is C14H18N2O2S. The topological polar surface area (TPSA) is 48.2 Å². The fourth-order valence-electron chi connectivity index (χ4n) is 2.59. The van der Waals surface area contributed by atoms with Gasteiger partial charge in [0, 0.05) is 17.9 Å². The van der Waals surface area contributed by atoms with Crippen molar-refractivity contribution in [3.8, 4) is 0 Å². The monoisotopic (exact) mass is 278 g/mol. The van der Waals surface area contributed by atoms with Gasteiger partial charge in [0.1, 0.15) is 0 Å². The molecule has 0 aromatic carbocycles. The Bertz CT molecular complexity index is 521. The molecule has 0 N–H and O–H groups in total. The summed E-state index contributed by atoms with van der Waals surface area (Å²) < 4.78 is 11.2. The summed E-state index contributed by atoms with van der Waals surface area (Å²) in [6.07, 6.45) is 1.93. The van der Waals surface area contributed by atoms with Gasteiger partial charge < -0.3 is 9.26 Å². The van der Waals surface area contributed by atoms with E-state index in [0.29, 0.717) is 5.92 Å². The zero-order valence-corrected chi connectivity index (χ0v) is 12.0. The second-order valence-corrected chi connectivity index (χ2v) is 6.31. The Morgan fingerprint density at radius 3 is 3.11 bits per heavy atom. The highest BCUT2D eigenvalue weighted by atomic mass is 32.1. The van der Waals surface area contributed by atoms with E-state index in [2.05, 4.69) is 35.4 Å². The van der Waals surface area contributed by atoms with Crippen LogP contribution in [0.5, 0.6) is 0 Å². The zero-order valence-electron chi connectivity index (χ0n) is 11.2. The smallest absolute Gasteiger partial charge is 0.232 e. The van der Waals surface area contributed by atoms with Crippen molar-refractivity contribution in [1.82, 2.24) is 10.1 Å². The summed E-state index contributed by atoms with van der Waals surface area (Å²) in [5.41, 5.74) is 0. The van der Waals surface area contributed by atoms with E-state index >= 15 is 0 Å². The molecule has 0 amide bonds. The number of hydrogen-bond donors (Lipinski definition) is 0. The van der Waals surface area contributed by atoms with Gasteiger partial charge in [0.05, 0.1) is 12.0 Å². The van der Waals surface area contributed by atoms with Crippen LogP contribution in [0.3, 0.4) is 0 Å². The molecule has 3 heterocycles. The van der Waals surface area contributed by atoms with E-state index in [-0.39, 0.29) is 12.0 Å². The van der Waals surface area contributed by atoms with Crippen molar-refractivity contribution in [3.05, 3.63) is 34.1 Å². The third-order valence-corrected chi connectivity index (χ3v) is 4.38. The maximum Gasteiger partial charge on any atom is 0.232 e. The van der Waals surface area contributed by atoms with E-state index < -0.39 is 0 Å². The molecule has 0 spiro atoms. The lowest BCUT2D eigenvalue weighted by Gasteiger charge is -2.18. The lowest BCUT2D eigenvalue weighted by Crippen LogP contribution is -2.21. The van der Waals surface area contributed by atoms with Crippen LogP contribution in [0.1, 0.15) is 42.8 Å². The highest BCUT2D eigenvalue weighted by Crippen LogP contribution is 2.34. The Morgan fingerprint density at radius 2 is 2.37 bits per heavy atom. The van der Waals surface area contributed by atoms with Gasteiger partial charge in [-0.3, -0.25) is 0 Å². The first kappa shape index (κ1) is 12.8. The zero-order chi connectivity index (χ0) is 13.2. The van der Waals surface area contributed by atoms with Gasteiger partial charge >= 0.3 is 0 Å². The average Bonchev–Trinajstić information content (AvgIpc) is 3.09. The molecule has 1 saturated heterocycles. The Labute approximate surface area is 116 Å². The minimum atomic E-state index is 0.204. The van der Waals surface area contributed by atoms with Crippen molar-refractivity contribution in [3.63, 3.8) is 0 Å². The summed E-state index contributed by atoms with van der Waals surface area (Å²) >= 11 is 1.72. The van der Waals surface area contributed by atoms with Gasteiger partial charge in [0.15, 0.2) is 5.82 Å². The number of ether oxygens (including phenoxy) is 1. The van der Waals surface area contributed by atoms with E-state index in [4.69, 9.17) is 9.26 Å². The van der Waals surface area contributed by atoms with Gasteiger partial charge in [-0.15, -0.1) is 11.3 Å². The van der Waals surface area contributed by atoms with Crippen LogP contribution < -0.4 is 0 Å². The molecule has 3 rings (SSSR count). The Morgan fingerprint density at radius 1 is 1.47 bits per heavy atom. The van der Waals surface area contributed by atoms with Crippen LogP contribution in [0.4, 0.5) is 0 Å². The van der Waals surface area contributed by atoms with Gasteiger partial charge in [0.25, 0.3) is 0 Å². The summed E-state index contributed by atoms with van der Waals surface area (Å²) in [5.74, 6) is 2.24. The van der Waals surface area contributed by atoms with E-state index in [1.807, 2.05) is 6.07 Å². The summed E-state index contributed by atoms with van der Waals surface area (Å²) in [7, 11) is 0. The summed E-state index contributed by atoms with van der Waals surface area (Å²) in [4.78, 5) is 5.81. The van der Waals surface area contributed by atoms with Crippen LogP contribution in [0, 0.1) is 5.92 Å². The number of thiophene rings is 1. The lowest BCUT2D eigenvalue weighted by molar-refractivity contribution is 0.0627. The fourth-order valence-corrected chi connectivity index (χ4v) is 3.29. The molecule has 5 heteroatoms. The van der Waals surface area contributed by atoms with E-state index in [0.717, 1.165) is 31.2 Å². The van der Waals surface area contributed by atoms with Gasteiger partial charge in [0.2, 0.25) is 5.89 Å². The van der Waals surface area contributed by atoms with Crippen LogP contribution in [0.15, 0.2) is 22.0 Å². The molecule has 102 valence electrons. The molecule has 1 fully saturated rings. The van der Waals surface area contributed by atoms with Crippen LogP contribution in [-0.4, -0.2) is 22.9 Å². The van der Waals surface area contributed by atoms with Gasteiger partial charge in [-0.25, -0.2) is 0 Å². The van der Waals surface area contributed by atoms with E-state index in [1.165, 1.54) is 4.88 Å². The van der Waals surface area contributed by atoms with Crippen molar-refractivity contribution in [1.29, 1.82) is 0 Å². The molecular weight excluding hydrogens is 260 g/mol. The highest BCUT2D eigenvalue weighted by molar-refractivity contribution is 7.09. The molecule has 2 aromatic heterocycles. The van der Waals surface area contributed by atoms with Gasteiger partial charge in [-0.05, 0) is 23.8 Å². The Balaban J connectivity index is 1.74. The second-order valence-electron chi connectivity index (χ2n) is 5.28. The SMILES string of the molecule is CC(C)[C@@H]1OCC[C@@H]1c1nc(Cc2cccs2)no1. The molecule has 1 aliphatic heterocycles. The van der Waals surface area contributed by atoms with Crippen molar-refractivity contribution in [2.45, 2.75) is 38.7 Å². The van der Waals surface area contributed by atoms with Crippen LogP contribution in [0.25, 0.3) is 0 Å². The van der Waals surface area contributed by atoms with Gasteiger partial charge in [-0.2, -0.15) is 4.98 Å². The number of rotatable bonds is 4. The first-order chi connectivity index (χ1) is 9.24. The maximum atomic E-state index is 5.77. The lowest BCUT2D eigenvalue weighted by atomic mass is 9.93.